The largest absolute Gasteiger partial charge is 0.310 e. The SMILES string of the molecule is c1ccc(N(c2ccccc2)c2cc3c4c(c2)Sc2cc5c(cc2B4c2ccccc2S3)B2c3ccccc3Sc3cc(N(c4ccccc4)c4ccccc4)cc(c32)S5)cc1. The van der Waals surface area contributed by atoms with Crippen LogP contribution < -0.4 is 42.6 Å². The van der Waals surface area contributed by atoms with Crippen LogP contribution in [0.1, 0.15) is 0 Å². The summed E-state index contributed by atoms with van der Waals surface area (Å²) in [4.78, 5) is 15.5. The van der Waals surface area contributed by atoms with Crippen LogP contribution in [0, 0.1) is 0 Å². The summed E-state index contributed by atoms with van der Waals surface area (Å²) in [5, 5.41) is 0. The highest BCUT2D eigenvalue weighted by molar-refractivity contribution is 8.02. The molecule has 8 heteroatoms. The molecule has 0 atom stereocenters. The lowest BCUT2D eigenvalue weighted by Crippen LogP contribution is -2.62. The first kappa shape index (κ1) is 36.7. The zero-order valence-electron chi connectivity index (χ0n) is 33.3. The average Bonchev–Trinajstić information content (AvgIpc) is 3.32. The maximum absolute atomic E-state index is 2.61. The molecule has 0 aliphatic carbocycles. The van der Waals surface area contributed by atoms with E-state index in [1.165, 1.54) is 83.3 Å². The molecule has 4 aliphatic heterocycles. The molecule has 13 rings (SSSR count). The molecule has 0 amide bonds. The summed E-state index contributed by atoms with van der Waals surface area (Å²) in [5.74, 6) is 0. The van der Waals surface area contributed by atoms with Crippen LogP contribution in [-0.4, -0.2) is 13.4 Å². The van der Waals surface area contributed by atoms with Crippen molar-refractivity contribution in [3.8, 4) is 0 Å². The second-order valence-electron chi connectivity index (χ2n) is 16.0. The maximum Gasteiger partial charge on any atom is 0.247 e. The Balaban J connectivity index is 0.997. The van der Waals surface area contributed by atoms with Gasteiger partial charge in [0.15, 0.2) is 0 Å². The molecule has 9 aromatic carbocycles. The molecule has 0 saturated carbocycles. The van der Waals surface area contributed by atoms with Crippen molar-refractivity contribution in [2.45, 2.75) is 39.2 Å². The summed E-state index contributed by atoms with van der Waals surface area (Å²) in [7, 11) is 0. The molecule has 0 N–H and O–H groups in total. The van der Waals surface area contributed by atoms with Crippen LogP contribution in [0.25, 0.3) is 0 Å². The van der Waals surface area contributed by atoms with Gasteiger partial charge in [-0.05, 0) is 102 Å². The number of hydrogen-bond acceptors (Lipinski definition) is 6. The lowest BCUT2D eigenvalue weighted by Gasteiger charge is -2.38. The summed E-state index contributed by atoms with van der Waals surface area (Å²) in [6.45, 7) is 0.281. The Bertz CT molecular complexity index is 2930. The lowest BCUT2D eigenvalue weighted by atomic mass is 9.33. The topological polar surface area (TPSA) is 6.48 Å². The predicted octanol–water partition coefficient (Wildman–Crippen LogP) is 11.5. The smallest absolute Gasteiger partial charge is 0.247 e. The molecule has 9 aromatic rings. The van der Waals surface area contributed by atoms with Crippen molar-refractivity contribution in [1.29, 1.82) is 0 Å². The molecule has 0 bridgehead atoms. The summed E-state index contributed by atoms with van der Waals surface area (Å²) in [6.07, 6.45) is 0. The van der Waals surface area contributed by atoms with E-state index in [1.54, 1.807) is 0 Å². The van der Waals surface area contributed by atoms with Crippen molar-refractivity contribution in [3.05, 3.63) is 206 Å². The minimum absolute atomic E-state index is 0.140. The molecular formula is C54H34B2N2S4. The van der Waals surface area contributed by atoms with Gasteiger partial charge in [0.1, 0.15) is 0 Å². The lowest BCUT2D eigenvalue weighted by molar-refractivity contribution is 1.22. The first-order chi connectivity index (χ1) is 30.7. The van der Waals surface area contributed by atoms with Crippen molar-refractivity contribution in [2.75, 3.05) is 9.80 Å². The van der Waals surface area contributed by atoms with Crippen molar-refractivity contribution >= 4 is 127 Å². The number of anilines is 6. The molecule has 0 unspecified atom stereocenters. The maximum atomic E-state index is 2.61. The van der Waals surface area contributed by atoms with Crippen molar-refractivity contribution in [1.82, 2.24) is 0 Å². The molecule has 0 aromatic heterocycles. The van der Waals surface area contributed by atoms with Crippen LogP contribution in [0.15, 0.2) is 245 Å². The third kappa shape index (κ3) is 5.95. The molecule has 62 heavy (non-hydrogen) atoms. The zero-order chi connectivity index (χ0) is 40.7. The fourth-order valence-corrected chi connectivity index (χ4v) is 14.9. The number of hydrogen-bond donors (Lipinski definition) is 0. The quantitative estimate of drug-likeness (QED) is 0.153. The summed E-state index contributed by atoms with van der Waals surface area (Å²) in [6, 6.07) is 76.3. The first-order valence-electron chi connectivity index (χ1n) is 21.0. The highest BCUT2D eigenvalue weighted by Gasteiger charge is 2.43. The van der Waals surface area contributed by atoms with Gasteiger partial charge in [0, 0.05) is 73.3 Å². The first-order valence-corrected chi connectivity index (χ1v) is 24.2. The van der Waals surface area contributed by atoms with E-state index in [2.05, 4.69) is 216 Å². The highest BCUT2D eigenvalue weighted by atomic mass is 32.2. The summed E-state index contributed by atoms with van der Waals surface area (Å²) < 4.78 is 0. The van der Waals surface area contributed by atoms with Crippen molar-refractivity contribution in [3.63, 3.8) is 0 Å². The van der Waals surface area contributed by atoms with Gasteiger partial charge in [-0.3, -0.25) is 0 Å². The Kier molecular flexibility index (Phi) is 8.82. The minimum atomic E-state index is 0.140. The van der Waals surface area contributed by atoms with Crippen LogP contribution in [0.3, 0.4) is 0 Å². The number of benzene rings is 9. The monoisotopic (exact) mass is 860 g/mol. The van der Waals surface area contributed by atoms with Crippen molar-refractivity contribution < 1.29 is 0 Å². The van der Waals surface area contributed by atoms with Gasteiger partial charge in [-0.25, -0.2) is 0 Å². The number of rotatable bonds is 6. The van der Waals surface area contributed by atoms with E-state index in [1.807, 2.05) is 47.0 Å². The molecular weight excluding hydrogens is 826 g/mol. The second-order valence-corrected chi connectivity index (χ2v) is 20.3. The molecule has 4 aliphatic rings. The molecule has 2 nitrogen and oxygen atoms in total. The third-order valence-electron chi connectivity index (χ3n) is 12.4. The minimum Gasteiger partial charge on any atom is -0.310 e. The van der Waals surface area contributed by atoms with Crippen LogP contribution >= 0.6 is 47.0 Å². The standard InChI is InChI=1S/C54H34B2N2S4/c1-5-17-35(18-6-1)57(36-19-7-2-8-20-36)39-29-49-53-51(31-39)61-47-34-48-44(33-43(47)55(53)41-25-13-15-27-45(41)59-49)56-42-26-14-16-28-46(42)60-50-30-40(32-52(62-48)54(50)56)58(37-21-9-3-10-22-37)38-23-11-4-12-24-38/h1-34H. The fraction of sp³-hybridized carbons (Fsp3) is 0. The molecule has 4 heterocycles. The molecule has 0 radical (unpaired) electrons. The number of nitrogens with zero attached hydrogens (tertiary/aromatic N) is 2. The Labute approximate surface area is 380 Å². The summed E-state index contributed by atoms with van der Waals surface area (Å²) >= 11 is 7.74. The molecule has 0 fully saturated rings. The van der Waals surface area contributed by atoms with E-state index in [-0.39, 0.29) is 13.4 Å². The van der Waals surface area contributed by atoms with Crippen LogP contribution in [0.2, 0.25) is 0 Å². The summed E-state index contributed by atoms with van der Waals surface area (Å²) in [5.41, 5.74) is 15.5. The van der Waals surface area contributed by atoms with Gasteiger partial charge in [0.25, 0.3) is 0 Å². The van der Waals surface area contributed by atoms with E-state index >= 15 is 0 Å². The van der Waals surface area contributed by atoms with E-state index < -0.39 is 0 Å². The number of fused-ring (bicyclic) bond motifs is 8. The van der Waals surface area contributed by atoms with Gasteiger partial charge in [0.2, 0.25) is 13.4 Å². The number of para-hydroxylation sites is 4. The average molecular weight is 861 g/mol. The fourth-order valence-electron chi connectivity index (χ4n) is 9.82. The Morgan fingerprint density at radius 3 is 0.903 bits per heavy atom. The molecule has 0 saturated heterocycles. The van der Waals surface area contributed by atoms with Gasteiger partial charge >= 0.3 is 0 Å². The van der Waals surface area contributed by atoms with Crippen molar-refractivity contribution in [2.24, 2.45) is 0 Å². The van der Waals surface area contributed by atoms with Gasteiger partial charge in [-0.2, -0.15) is 0 Å². The van der Waals surface area contributed by atoms with Crippen LogP contribution in [-0.2, 0) is 0 Å². The molecule has 290 valence electrons. The second kappa shape index (κ2) is 14.9. The van der Waals surface area contributed by atoms with Crippen LogP contribution in [0.4, 0.5) is 34.1 Å². The van der Waals surface area contributed by atoms with E-state index in [0.29, 0.717) is 0 Å². The van der Waals surface area contributed by atoms with E-state index in [0.717, 1.165) is 22.7 Å². The Morgan fingerprint density at radius 2 is 0.548 bits per heavy atom. The molecule has 0 spiro atoms. The van der Waals surface area contributed by atoms with Gasteiger partial charge in [-0.15, -0.1) is 0 Å². The van der Waals surface area contributed by atoms with Gasteiger partial charge in [-0.1, -0.05) is 184 Å². The third-order valence-corrected chi connectivity index (χ3v) is 17.0. The predicted molar refractivity (Wildman–Crippen MR) is 267 cm³/mol. The van der Waals surface area contributed by atoms with E-state index in [9.17, 15) is 0 Å². The van der Waals surface area contributed by atoms with Crippen LogP contribution in [0.5, 0.6) is 0 Å². The Hall–Kier alpha value is -5.89. The highest BCUT2D eigenvalue weighted by Crippen LogP contribution is 2.47. The van der Waals surface area contributed by atoms with E-state index in [4.69, 9.17) is 0 Å². The zero-order valence-corrected chi connectivity index (χ0v) is 36.6. The Morgan fingerprint density at radius 1 is 0.242 bits per heavy atom. The van der Waals surface area contributed by atoms with Gasteiger partial charge in [0.05, 0.1) is 0 Å². The normalized spacial score (nSPS) is 13.5. The van der Waals surface area contributed by atoms with Gasteiger partial charge < -0.3 is 9.80 Å².